The molecule has 1 unspecified atom stereocenters. The Labute approximate surface area is 97.1 Å². The highest BCUT2D eigenvalue weighted by molar-refractivity contribution is 8.00. The molecular formula is C13H19NS. The van der Waals surface area contributed by atoms with Crippen LogP contribution in [0.1, 0.15) is 20.3 Å². The van der Waals surface area contributed by atoms with Crippen LogP contribution in [0.15, 0.2) is 40.4 Å². The summed E-state index contributed by atoms with van der Waals surface area (Å²) in [5.74, 6) is 1.17. The molecule has 0 saturated carbocycles. The average molecular weight is 221 g/mol. The Kier molecular flexibility index (Phi) is 5.48. The van der Waals surface area contributed by atoms with Crippen molar-refractivity contribution in [1.82, 2.24) is 0 Å². The highest BCUT2D eigenvalue weighted by Crippen LogP contribution is 2.22. The summed E-state index contributed by atoms with van der Waals surface area (Å²) in [6, 6.07) is 0. The first-order chi connectivity index (χ1) is 7.27. The second-order valence-corrected chi connectivity index (χ2v) is 5.08. The molecule has 0 spiro atoms. The van der Waals surface area contributed by atoms with E-state index >= 15 is 0 Å². The third-order valence-electron chi connectivity index (χ3n) is 2.34. The van der Waals surface area contributed by atoms with Crippen molar-refractivity contribution in [3.05, 3.63) is 35.5 Å². The zero-order chi connectivity index (χ0) is 11.1. The van der Waals surface area contributed by atoms with Gasteiger partial charge >= 0.3 is 0 Å². The van der Waals surface area contributed by atoms with Gasteiger partial charge in [-0.2, -0.15) is 11.8 Å². The zero-order valence-electron chi connectivity index (χ0n) is 9.73. The molecule has 0 aromatic heterocycles. The molecule has 2 heteroatoms. The molecule has 15 heavy (non-hydrogen) atoms. The molecule has 1 aliphatic rings. The maximum absolute atomic E-state index is 4.03. The molecule has 1 atom stereocenters. The monoisotopic (exact) mass is 221 g/mol. The number of rotatable bonds is 4. The molecule has 0 bridgehead atoms. The Morgan fingerprint density at radius 1 is 1.47 bits per heavy atom. The molecule has 0 radical (unpaired) electrons. The summed E-state index contributed by atoms with van der Waals surface area (Å²) < 4.78 is 0. The van der Waals surface area contributed by atoms with Crippen LogP contribution in [0.5, 0.6) is 0 Å². The third kappa shape index (κ3) is 4.08. The SMILES string of the molecule is CCSC(C)C1=CCC=C(/C=N/C)C=C1. The standard InChI is InChI=1S/C13H19NS/c1-4-15-11(2)13-7-5-6-12(8-9-13)10-14-3/h6-11H,4-5H2,1-3H3/b14-10+. The fraction of sp³-hybridized carbons (Fsp3) is 0.462. The first-order valence-electron chi connectivity index (χ1n) is 5.40. The van der Waals surface area contributed by atoms with E-state index in [9.17, 15) is 0 Å². The topological polar surface area (TPSA) is 12.4 Å². The molecule has 0 aromatic rings. The third-order valence-corrected chi connectivity index (χ3v) is 3.45. The van der Waals surface area contributed by atoms with Crippen molar-refractivity contribution >= 4 is 18.0 Å². The van der Waals surface area contributed by atoms with Crippen molar-refractivity contribution in [2.75, 3.05) is 12.8 Å². The highest BCUT2D eigenvalue weighted by Gasteiger charge is 2.06. The fourth-order valence-electron chi connectivity index (χ4n) is 1.55. The van der Waals surface area contributed by atoms with E-state index in [-0.39, 0.29) is 0 Å². The summed E-state index contributed by atoms with van der Waals surface area (Å²) in [6.07, 6.45) is 11.8. The maximum atomic E-state index is 4.03. The van der Waals surface area contributed by atoms with E-state index in [4.69, 9.17) is 0 Å². The smallest absolute Gasteiger partial charge is 0.0278 e. The van der Waals surface area contributed by atoms with Crippen molar-refractivity contribution in [2.45, 2.75) is 25.5 Å². The molecule has 0 aliphatic heterocycles. The van der Waals surface area contributed by atoms with Gasteiger partial charge in [0.1, 0.15) is 0 Å². The molecule has 0 fully saturated rings. The van der Waals surface area contributed by atoms with E-state index in [1.807, 2.05) is 25.0 Å². The zero-order valence-corrected chi connectivity index (χ0v) is 10.6. The molecular weight excluding hydrogens is 202 g/mol. The summed E-state index contributed by atoms with van der Waals surface area (Å²) in [4.78, 5) is 4.03. The van der Waals surface area contributed by atoms with Crippen LogP contribution in [-0.2, 0) is 0 Å². The van der Waals surface area contributed by atoms with Crippen molar-refractivity contribution < 1.29 is 0 Å². The van der Waals surface area contributed by atoms with Gasteiger partial charge in [-0.05, 0) is 30.2 Å². The average Bonchev–Trinajstić information content (AvgIpc) is 2.44. The molecule has 0 aromatic carbocycles. The van der Waals surface area contributed by atoms with Gasteiger partial charge in [-0.1, -0.05) is 31.2 Å². The maximum Gasteiger partial charge on any atom is 0.0278 e. The minimum absolute atomic E-state index is 0.595. The van der Waals surface area contributed by atoms with Crippen LogP contribution in [0.25, 0.3) is 0 Å². The van der Waals surface area contributed by atoms with Gasteiger partial charge in [-0.25, -0.2) is 0 Å². The van der Waals surface area contributed by atoms with E-state index < -0.39 is 0 Å². The second kappa shape index (κ2) is 6.67. The Balaban J connectivity index is 2.66. The largest absolute Gasteiger partial charge is 0.296 e. The van der Waals surface area contributed by atoms with E-state index in [2.05, 4.69) is 43.1 Å². The summed E-state index contributed by atoms with van der Waals surface area (Å²) in [7, 11) is 1.81. The summed E-state index contributed by atoms with van der Waals surface area (Å²) in [6.45, 7) is 4.47. The lowest BCUT2D eigenvalue weighted by molar-refractivity contribution is 1.15. The number of nitrogens with zero attached hydrogens (tertiary/aromatic N) is 1. The van der Waals surface area contributed by atoms with Gasteiger partial charge in [0.05, 0.1) is 0 Å². The number of hydrogen-bond acceptors (Lipinski definition) is 2. The predicted molar refractivity (Wildman–Crippen MR) is 71.9 cm³/mol. The quantitative estimate of drug-likeness (QED) is 0.660. The van der Waals surface area contributed by atoms with Gasteiger partial charge in [0.15, 0.2) is 0 Å². The second-order valence-electron chi connectivity index (χ2n) is 3.46. The summed E-state index contributed by atoms with van der Waals surface area (Å²) in [5, 5.41) is 0.595. The summed E-state index contributed by atoms with van der Waals surface area (Å²) >= 11 is 1.99. The number of thioether (sulfide) groups is 1. The molecule has 1 nitrogen and oxygen atoms in total. The Morgan fingerprint density at radius 2 is 2.27 bits per heavy atom. The molecule has 1 rings (SSSR count). The first-order valence-corrected chi connectivity index (χ1v) is 6.44. The van der Waals surface area contributed by atoms with Crippen molar-refractivity contribution in [3.63, 3.8) is 0 Å². The van der Waals surface area contributed by atoms with Gasteiger partial charge in [0.25, 0.3) is 0 Å². The minimum Gasteiger partial charge on any atom is -0.296 e. The van der Waals surface area contributed by atoms with E-state index in [1.165, 1.54) is 16.9 Å². The fourth-order valence-corrected chi connectivity index (χ4v) is 2.42. The van der Waals surface area contributed by atoms with Crippen LogP contribution in [-0.4, -0.2) is 24.3 Å². The van der Waals surface area contributed by atoms with E-state index in [1.54, 1.807) is 0 Å². The molecule has 0 heterocycles. The van der Waals surface area contributed by atoms with Gasteiger partial charge < -0.3 is 0 Å². The highest BCUT2D eigenvalue weighted by atomic mass is 32.2. The molecule has 0 saturated heterocycles. The molecule has 1 aliphatic carbocycles. The first kappa shape index (κ1) is 12.3. The Morgan fingerprint density at radius 3 is 2.93 bits per heavy atom. The van der Waals surface area contributed by atoms with Crippen LogP contribution < -0.4 is 0 Å². The number of hydrogen-bond donors (Lipinski definition) is 0. The van der Waals surface area contributed by atoms with Crippen molar-refractivity contribution in [2.24, 2.45) is 4.99 Å². The number of allylic oxidation sites excluding steroid dienone is 5. The normalized spacial score (nSPS) is 18.6. The Bertz CT molecular complexity index is 310. The van der Waals surface area contributed by atoms with E-state index in [0.29, 0.717) is 5.25 Å². The van der Waals surface area contributed by atoms with Gasteiger partial charge in [0.2, 0.25) is 0 Å². The van der Waals surface area contributed by atoms with Gasteiger partial charge in [-0.15, -0.1) is 0 Å². The van der Waals surface area contributed by atoms with Crippen molar-refractivity contribution in [1.29, 1.82) is 0 Å². The van der Waals surface area contributed by atoms with Crippen molar-refractivity contribution in [3.8, 4) is 0 Å². The Hall–Kier alpha value is -0.760. The lowest BCUT2D eigenvalue weighted by atomic mass is 10.1. The molecule has 82 valence electrons. The van der Waals surface area contributed by atoms with Crippen LogP contribution in [0.3, 0.4) is 0 Å². The van der Waals surface area contributed by atoms with Crippen LogP contribution >= 0.6 is 11.8 Å². The number of aliphatic imine (C=N–C) groups is 1. The minimum atomic E-state index is 0.595. The van der Waals surface area contributed by atoms with Crippen LogP contribution in [0.2, 0.25) is 0 Å². The summed E-state index contributed by atoms with van der Waals surface area (Å²) in [5.41, 5.74) is 2.63. The lowest BCUT2D eigenvalue weighted by Gasteiger charge is -2.10. The predicted octanol–water partition coefficient (Wildman–Crippen LogP) is 3.64. The van der Waals surface area contributed by atoms with Gasteiger partial charge in [-0.3, -0.25) is 4.99 Å². The van der Waals surface area contributed by atoms with Gasteiger partial charge in [0, 0.05) is 18.5 Å². The van der Waals surface area contributed by atoms with Crippen LogP contribution in [0.4, 0.5) is 0 Å². The van der Waals surface area contributed by atoms with Crippen LogP contribution in [0, 0.1) is 0 Å². The molecule has 0 amide bonds. The lowest BCUT2D eigenvalue weighted by Crippen LogP contribution is -1.99. The van der Waals surface area contributed by atoms with E-state index in [0.717, 1.165) is 6.42 Å². The molecule has 0 N–H and O–H groups in total.